The molecule has 0 aliphatic heterocycles. The Morgan fingerprint density at radius 1 is 1.39 bits per heavy atom. The van der Waals surface area contributed by atoms with Gasteiger partial charge in [-0.3, -0.25) is 4.79 Å². The zero-order valence-electron chi connectivity index (χ0n) is 11.7. The maximum Gasteiger partial charge on any atom is 0.313 e. The van der Waals surface area contributed by atoms with Crippen LogP contribution < -0.4 is 15.6 Å². The summed E-state index contributed by atoms with van der Waals surface area (Å²) in [7, 11) is 0. The van der Waals surface area contributed by atoms with Gasteiger partial charge in [0.2, 0.25) is 0 Å². The first-order valence-corrected chi connectivity index (χ1v) is 6.38. The van der Waals surface area contributed by atoms with Crippen molar-refractivity contribution in [2.45, 2.75) is 39.7 Å². The summed E-state index contributed by atoms with van der Waals surface area (Å²) in [5.41, 5.74) is -0.445. The van der Waals surface area contributed by atoms with Gasteiger partial charge in [-0.2, -0.15) is 0 Å². The molecule has 5 nitrogen and oxygen atoms in total. The van der Waals surface area contributed by atoms with E-state index in [-0.39, 0.29) is 17.0 Å². The third kappa shape index (κ3) is 4.14. The van der Waals surface area contributed by atoms with Gasteiger partial charge in [-0.25, -0.2) is 4.98 Å². The first-order chi connectivity index (χ1) is 8.46. The molecule has 1 aromatic heterocycles. The van der Waals surface area contributed by atoms with Crippen LogP contribution in [0.2, 0.25) is 0 Å². The van der Waals surface area contributed by atoms with Crippen LogP contribution in [-0.4, -0.2) is 29.2 Å². The Kier molecular flexibility index (Phi) is 5.34. The van der Waals surface area contributed by atoms with Crippen molar-refractivity contribution >= 4 is 0 Å². The van der Waals surface area contributed by atoms with Crippen LogP contribution >= 0.6 is 0 Å². The SMILES string of the molecule is CCCNCCOc1nccn(C(C)(C)C)c1=O. The molecule has 0 aliphatic carbocycles. The highest BCUT2D eigenvalue weighted by Gasteiger charge is 2.17. The molecule has 0 aromatic carbocycles. The monoisotopic (exact) mass is 253 g/mol. The number of ether oxygens (including phenoxy) is 1. The van der Waals surface area contributed by atoms with E-state index in [1.54, 1.807) is 17.0 Å². The van der Waals surface area contributed by atoms with Gasteiger partial charge < -0.3 is 14.6 Å². The van der Waals surface area contributed by atoms with Gasteiger partial charge >= 0.3 is 5.56 Å². The molecule has 18 heavy (non-hydrogen) atoms. The highest BCUT2D eigenvalue weighted by atomic mass is 16.5. The largest absolute Gasteiger partial charge is 0.472 e. The van der Waals surface area contributed by atoms with Gasteiger partial charge in [0.25, 0.3) is 5.88 Å². The van der Waals surface area contributed by atoms with Crippen LogP contribution in [0, 0.1) is 0 Å². The van der Waals surface area contributed by atoms with Gasteiger partial charge in [-0.15, -0.1) is 0 Å². The molecule has 1 heterocycles. The molecule has 1 N–H and O–H groups in total. The van der Waals surface area contributed by atoms with Crippen molar-refractivity contribution in [2.24, 2.45) is 0 Å². The van der Waals surface area contributed by atoms with E-state index >= 15 is 0 Å². The minimum atomic E-state index is -0.265. The fourth-order valence-electron chi connectivity index (χ4n) is 1.54. The van der Waals surface area contributed by atoms with E-state index < -0.39 is 0 Å². The molecule has 0 bridgehead atoms. The number of aromatic nitrogens is 2. The Balaban J connectivity index is 2.65. The van der Waals surface area contributed by atoms with Crippen molar-refractivity contribution in [3.63, 3.8) is 0 Å². The summed E-state index contributed by atoms with van der Waals surface area (Å²) in [4.78, 5) is 16.1. The molecule has 0 fully saturated rings. The number of hydrogen-bond acceptors (Lipinski definition) is 4. The summed E-state index contributed by atoms with van der Waals surface area (Å²) >= 11 is 0. The van der Waals surface area contributed by atoms with Crippen molar-refractivity contribution < 1.29 is 4.74 Å². The van der Waals surface area contributed by atoms with E-state index in [1.807, 2.05) is 20.8 Å². The van der Waals surface area contributed by atoms with E-state index in [0.717, 1.165) is 19.5 Å². The maximum atomic E-state index is 12.1. The molecule has 0 atom stereocenters. The van der Waals surface area contributed by atoms with E-state index in [9.17, 15) is 4.79 Å². The standard InChI is InChI=1S/C13H23N3O2/c1-5-6-14-8-10-18-11-12(17)16(9-7-15-11)13(2,3)4/h7,9,14H,5-6,8,10H2,1-4H3. The van der Waals surface area contributed by atoms with Crippen LogP contribution in [-0.2, 0) is 5.54 Å². The van der Waals surface area contributed by atoms with E-state index in [4.69, 9.17) is 4.74 Å². The minimum absolute atomic E-state index is 0.172. The van der Waals surface area contributed by atoms with Crippen LogP contribution in [0.1, 0.15) is 34.1 Å². The number of nitrogens with one attached hydrogen (secondary N) is 1. The molecule has 0 saturated heterocycles. The molecule has 102 valence electrons. The lowest BCUT2D eigenvalue weighted by Gasteiger charge is -2.22. The van der Waals surface area contributed by atoms with Crippen molar-refractivity contribution in [1.82, 2.24) is 14.9 Å². The quantitative estimate of drug-likeness (QED) is 0.778. The Hall–Kier alpha value is -1.36. The Morgan fingerprint density at radius 2 is 2.11 bits per heavy atom. The fourth-order valence-corrected chi connectivity index (χ4v) is 1.54. The first-order valence-electron chi connectivity index (χ1n) is 6.38. The molecule has 0 saturated carbocycles. The predicted octanol–water partition coefficient (Wildman–Crippen LogP) is 1.38. The van der Waals surface area contributed by atoms with E-state index in [1.165, 1.54) is 0 Å². The highest BCUT2D eigenvalue weighted by Crippen LogP contribution is 2.11. The van der Waals surface area contributed by atoms with Crippen LogP contribution in [0.4, 0.5) is 0 Å². The topological polar surface area (TPSA) is 56.1 Å². The lowest BCUT2D eigenvalue weighted by atomic mass is 10.1. The zero-order chi connectivity index (χ0) is 13.6. The predicted molar refractivity (Wildman–Crippen MR) is 72.1 cm³/mol. The zero-order valence-corrected chi connectivity index (χ0v) is 11.7. The second-order valence-corrected chi connectivity index (χ2v) is 5.18. The van der Waals surface area contributed by atoms with Gasteiger partial charge in [-0.05, 0) is 33.7 Å². The summed E-state index contributed by atoms with van der Waals surface area (Å²) in [5, 5.41) is 3.21. The summed E-state index contributed by atoms with van der Waals surface area (Å²) in [6.07, 6.45) is 4.37. The fraction of sp³-hybridized carbons (Fsp3) is 0.692. The van der Waals surface area contributed by atoms with Crippen LogP contribution in [0.15, 0.2) is 17.2 Å². The molecule has 0 unspecified atom stereocenters. The summed E-state index contributed by atoms with van der Waals surface area (Å²) < 4.78 is 7.05. The number of nitrogens with zero attached hydrogens (tertiary/aromatic N) is 2. The van der Waals surface area contributed by atoms with Gasteiger partial charge in [0.1, 0.15) is 6.61 Å². The molecule has 1 aromatic rings. The second kappa shape index (κ2) is 6.54. The van der Waals surface area contributed by atoms with Gasteiger partial charge in [0.15, 0.2) is 0 Å². The molecule has 5 heteroatoms. The second-order valence-electron chi connectivity index (χ2n) is 5.18. The third-order valence-electron chi connectivity index (χ3n) is 2.48. The number of rotatable bonds is 6. The van der Waals surface area contributed by atoms with Gasteiger partial charge in [0.05, 0.1) is 0 Å². The highest BCUT2D eigenvalue weighted by molar-refractivity contribution is 5.06. The van der Waals surface area contributed by atoms with Crippen LogP contribution in [0.25, 0.3) is 0 Å². The van der Waals surface area contributed by atoms with Gasteiger partial charge in [-0.1, -0.05) is 6.92 Å². The molecule has 0 spiro atoms. The summed E-state index contributed by atoms with van der Waals surface area (Å²) in [5.74, 6) is 0.172. The van der Waals surface area contributed by atoms with Crippen LogP contribution in [0.5, 0.6) is 5.88 Å². The Morgan fingerprint density at radius 3 is 2.72 bits per heavy atom. The van der Waals surface area contributed by atoms with E-state index in [0.29, 0.717) is 6.61 Å². The molecular weight excluding hydrogens is 230 g/mol. The van der Waals surface area contributed by atoms with Crippen molar-refractivity contribution in [1.29, 1.82) is 0 Å². The summed E-state index contributed by atoms with van der Waals surface area (Å²) in [6, 6.07) is 0. The van der Waals surface area contributed by atoms with Crippen molar-refractivity contribution in [2.75, 3.05) is 19.7 Å². The minimum Gasteiger partial charge on any atom is -0.472 e. The van der Waals surface area contributed by atoms with Crippen molar-refractivity contribution in [3.05, 3.63) is 22.7 Å². The van der Waals surface area contributed by atoms with Crippen molar-refractivity contribution in [3.8, 4) is 5.88 Å². The number of hydrogen-bond donors (Lipinski definition) is 1. The molecule has 0 aliphatic rings. The molecule has 0 amide bonds. The average Bonchev–Trinajstić information content (AvgIpc) is 2.29. The van der Waals surface area contributed by atoms with E-state index in [2.05, 4.69) is 17.2 Å². The normalized spacial score (nSPS) is 11.6. The average molecular weight is 253 g/mol. The molecule has 1 rings (SSSR count). The lowest BCUT2D eigenvalue weighted by molar-refractivity contribution is 0.285. The maximum absolute atomic E-state index is 12.1. The summed E-state index contributed by atoms with van der Waals surface area (Å²) in [6.45, 7) is 10.2. The third-order valence-corrected chi connectivity index (χ3v) is 2.48. The Bertz CT molecular complexity index is 421. The Labute approximate surface area is 108 Å². The lowest BCUT2D eigenvalue weighted by Crippen LogP contribution is -2.35. The molecular formula is C13H23N3O2. The first kappa shape index (κ1) is 14.7. The smallest absolute Gasteiger partial charge is 0.313 e. The van der Waals surface area contributed by atoms with Crippen LogP contribution in [0.3, 0.4) is 0 Å². The van der Waals surface area contributed by atoms with Gasteiger partial charge in [0, 0.05) is 24.5 Å². The molecule has 0 radical (unpaired) electrons.